The van der Waals surface area contributed by atoms with E-state index in [9.17, 15) is 9.59 Å². The highest BCUT2D eigenvalue weighted by molar-refractivity contribution is 5.85. The normalized spacial score (nSPS) is 30.5. The Bertz CT molecular complexity index is 733. The Balaban J connectivity index is 1.59. The maximum atomic E-state index is 13.1. The van der Waals surface area contributed by atoms with Crippen molar-refractivity contribution in [3.8, 4) is 0 Å². The van der Waals surface area contributed by atoms with Gasteiger partial charge < -0.3 is 9.80 Å². The predicted molar refractivity (Wildman–Crippen MR) is 110 cm³/mol. The topological polar surface area (TPSA) is 43.9 Å². The van der Waals surface area contributed by atoms with E-state index in [0.29, 0.717) is 12.5 Å². The number of rotatable bonds is 6. The Labute approximate surface area is 168 Å². The second-order valence-corrected chi connectivity index (χ2v) is 9.41. The largest absolute Gasteiger partial charge is 0.321 e. The summed E-state index contributed by atoms with van der Waals surface area (Å²) in [6, 6.07) is 10.9. The maximum absolute atomic E-state index is 13.1. The Morgan fingerprint density at radius 1 is 1.11 bits per heavy atom. The van der Waals surface area contributed by atoms with Crippen molar-refractivity contribution >= 4 is 11.8 Å². The number of hydrogen-bond acceptors (Lipinski definition) is 3. The fraction of sp³-hybridized carbons (Fsp3) is 0.652. The van der Waals surface area contributed by atoms with Crippen LogP contribution in [0.5, 0.6) is 0 Å². The van der Waals surface area contributed by atoms with Crippen molar-refractivity contribution in [3.05, 3.63) is 35.9 Å². The third-order valence-corrected chi connectivity index (χ3v) is 7.29. The highest BCUT2D eigenvalue weighted by atomic mass is 16.2. The second-order valence-electron chi connectivity index (χ2n) is 9.41. The summed E-state index contributed by atoms with van der Waals surface area (Å²) in [5.74, 6) is 0.729. The highest BCUT2D eigenvalue weighted by Crippen LogP contribution is 2.49. The van der Waals surface area contributed by atoms with Gasteiger partial charge in [-0.1, -0.05) is 30.3 Å². The third-order valence-electron chi connectivity index (χ3n) is 7.29. The first-order chi connectivity index (χ1) is 13.4. The average Bonchev–Trinajstić information content (AvgIpc) is 3.46. The molecule has 1 aromatic carbocycles. The van der Waals surface area contributed by atoms with Crippen LogP contribution < -0.4 is 0 Å². The third kappa shape index (κ3) is 3.34. The van der Waals surface area contributed by atoms with Gasteiger partial charge in [0.25, 0.3) is 0 Å². The molecule has 1 heterocycles. The van der Waals surface area contributed by atoms with E-state index in [1.807, 2.05) is 0 Å². The van der Waals surface area contributed by atoms with E-state index in [-0.39, 0.29) is 29.4 Å². The van der Waals surface area contributed by atoms with Gasteiger partial charge in [-0.2, -0.15) is 0 Å². The number of carbonyl (C=O) groups is 2. The van der Waals surface area contributed by atoms with Gasteiger partial charge in [0.05, 0.1) is 12.1 Å². The molecule has 3 aliphatic rings. The van der Waals surface area contributed by atoms with Gasteiger partial charge in [0.15, 0.2) is 0 Å². The standard InChI is InChI=1S/C23H33N3O2/c1-18(27)15-25-17-22(26(21(25)28)16-19-9-10-19)11-13-23(14-12-22,24(2)3)20-7-5-4-6-8-20/h4-8,19H,9-17H2,1-3H3. The molecule has 28 heavy (non-hydrogen) atoms. The molecule has 0 radical (unpaired) electrons. The first-order valence-corrected chi connectivity index (χ1v) is 10.7. The van der Waals surface area contributed by atoms with Crippen LogP contribution in [0, 0.1) is 5.92 Å². The van der Waals surface area contributed by atoms with Crippen LogP contribution >= 0.6 is 0 Å². The van der Waals surface area contributed by atoms with Crippen LogP contribution in [0.25, 0.3) is 0 Å². The van der Waals surface area contributed by atoms with Crippen molar-refractivity contribution < 1.29 is 9.59 Å². The fourth-order valence-corrected chi connectivity index (χ4v) is 5.40. The Hall–Kier alpha value is -1.88. The van der Waals surface area contributed by atoms with Gasteiger partial charge in [-0.3, -0.25) is 9.69 Å². The molecule has 5 heteroatoms. The summed E-state index contributed by atoms with van der Waals surface area (Å²) in [6.07, 6.45) is 6.52. The lowest BCUT2D eigenvalue weighted by Gasteiger charge is -2.51. The SMILES string of the molecule is CC(=O)CN1CC2(CCC(c3ccccc3)(N(C)C)CC2)N(CC2CC2)C1=O. The van der Waals surface area contributed by atoms with Crippen molar-refractivity contribution in [2.75, 3.05) is 33.7 Å². The zero-order valence-electron chi connectivity index (χ0n) is 17.5. The second kappa shape index (κ2) is 7.18. The Morgan fingerprint density at radius 3 is 2.29 bits per heavy atom. The quantitative estimate of drug-likeness (QED) is 0.755. The highest BCUT2D eigenvalue weighted by Gasteiger charge is 2.55. The van der Waals surface area contributed by atoms with Crippen LogP contribution in [0.2, 0.25) is 0 Å². The zero-order chi connectivity index (χ0) is 19.9. The summed E-state index contributed by atoms with van der Waals surface area (Å²) in [5.41, 5.74) is 1.28. The molecule has 2 aliphatic carbocycles. The monoisotopic (exact) mass is 383 g/mol. The van der Waals surface area contributed by atoms with Gasteiger partial charge in [-0.25, -0.2) is 4.79 Å². The van der Waals surface area contributed by atoms with E-state index in [1.165, 1.54) is 18.4 Å². The molecule has 3 fully saturated rings. The molecule has 0 atom stereocenters. The zero-order valence-corrected chi connectivity index (χ0v) is 17.5. The van der Waals surface area contributed by atoms with Crippen molar-refractivity contribution in [3.63, 3.8) is 0 Å². The minimum absolute atomic E-state index is 0.0226. The average molecular weight is 384 g/mol. The van der Waals surface area contributed by atoms with Crippen molar-refractivity contribution in [1.82, 2.24) is 14.7 Å². The fourth-order valence-electron chi connectivity index (χ4n) is 5.40. The van der Waals surface area contributed by atoms with Crippen LogP contribution in [-0.4, -0.2) is 65.8 Å². The lowest BCUT2D eigenvalue weighted by molar-refractivity contribution is -0.117. The number of urea groups is 1. The van der Waals surface area contributed by atoms with E-state index >= 15 is 0 Å². The van der Waals surface area contributed by atoms with Gasteiger partial charge in [-0.05, 0) is 71.0 Å². The molecule has 1 saturated heterocycles. The molecule has 0 N–H and O–H groups in total. The number of Topliss-reactive ketones (excluding diaryl/α,β-unsaturated/α-hetero) is 1. The number of nitrogens with zero attached hydrogens (tertiary/aromatic N) is 3. The molecule has 4 rings (SSSR count). The molecule has 152 valence electrons. The Morgan fingerprint density at radius 2 is 1.75 bits per heavy atom. The molecule has 0 aromatic heterocycles. The predicted octanol–water partition coefficient (Wildman–Crippen LogP) is 3.49. The molecule has 1 spiro atoms. The molecule has 1 aromatic rings. The summed E-state index contributed by atoms with van der Waals surface area (Å²) in [4.78, 5) is 31.2. The summed E-state index contributed by atoms with van der Waals surface area (Å²) >= 11 is 0. The van der Waals surface area contributed by atoms with Gasteiger partial charge in [-0.15, -0.1) is 0 Å². The van der Waals surface area contributed by atoms with Crippen molar-refractivity contribution in [2.24, 2.45) is 5.92 Å². The van der Waals surface area contributed by atoms with E-state index in [1.54, 1.807) is 11.8 Å². The minimum atomic E-state index is -0.108. The summed E-state index contributed by atoms with van der Waals surface area (Å²) in [6.45, 7) is 3.40. The van der Waals surface area contributed by atoms with Crippen LogP contribution in [-0.2, 0) is 10.3 Å². The van der Waals surface area contributed by atoms with Crippen LogP contribution in [0.3, 0.4) is 0 Å². The first kappa shape index (κ1) is 19.4. The number of carbonyl (C=O) groups excluding carboxylic acids is 2. The minimum Gasteiger partial charge on any atom is -0.317 e. The van der Waals surface area contributed by atoms with Crippen molar-refractivity contribution in [2.45, 2.75) is 56.5 Å². The summed E-state index contributed by atoms with van der Waals surface area (Å²) in [7, 11) is 4.35. The molecular weight excluding hydrogens is 350 g/mol. The van der Waals surface area contributed by atoms with Crippen LogP contribution in [0.1, 0.15) is 51.0 Å². The summed E-state index contributed by atoms with van der Waals surface area (Å²) in [5, 5.41) is 0. The van der Waals surface area contributed by atoms with E-state index in [0.717, 1.165) is 32.2 Å². The smallest absolute Gasteiger partial charge is 0.317 e. The van der Waals surface area contributed by atoms with E-state index in [4.69, 9.17) is 0 Å². The Kier molecular flexibility index (Phi) is 4.98. The molecule has 1 aliphatic heterocycles. The molecule has 0 bridgehead atoms. The van der Waals surface area contributed by atoms with E-state index in [2.05, 4.69) is 54.2 Å². The number of hydrogen-bond donors (Lipinski definition) is 0. The van der Waals surface area contributed by atoms with Gasteiger partial charge in [0, 0.05) is 18.6 Å². The van der Waals surface area contributed by atoms with Crippen LogP contribution in [0.4, 0.5) is 4.79 Å². The van der Waals surface area contributed by atoms with Gasteiger partial charge in [0.1, 0.15) is 5.78 Å². The maximum Gasteiger partial charge on any atom is 0.321 e. The summed E-state index contributed by atoms with van der Waals surface area (Å²) < 4.78 is 0. The van der Waals surface area contributed by atoms with Gasteiger partial charge >= 0.3 is 6.03 Å². The van der Waals surface area contributed by atoms with E-state index < -0.39 is 0 Å². The molecule has 0 unspecified atom stereocenters. The molecule has 5 nitrogen and oxygen atoms in total. The number of benzene rings is 1. The first-order valence-electron chi connectivity index (χ1n) is 10.7. The van der Waals surface area contributed by atoms with Crippen LogP contribution in [0.15, 0.2) is 30.3 Å². The van der Waals surface area contributed by atoms with Gasteiger partial charge in [0.2, 0.25) is 0 Å². The molecule has 2 amide bonds. The lowest BCUT2D eigenvalue weighted by atomic mass is 9.68. The number of amides is 2. The molecule has 2 saturated carbocycles. The van der Waals surface area contributed by atoms with Crippen molar-refractivity contribution in [1.29, 1.82) is 0 Å². The molecular formula is C23H33N3O2. The number of ketones is 1. The lowest BCUT2D eigenvalue weighted by Crippen LogP contribution is -2.55.